The molecule has 4 heteroatoms. The maximum Gasteiger partial charge on any atom is 0.240 e. The lowest BCUT2D eigenvalue weighted by Gasteiger charge is -2.29. The van der Waals surface area contributed by atoms with E-state index >= 15 is 0 Å². The Morgan fingerprint density at radius 3 is 1.87 bits per heavy atom. The SMILES string of the molecule is CCC=C(N=C=O)C(N=C=O)(c1ccccc1)c1ccccc1. The molecule has 0 saturated heterocycles. The summed E-state index contributed by atoms with van der Waals surface area (Å²) in [7, 11) is 0. The van der Waals surface area contributed by atoms with E-state index in [1.54, 1.807) is 18.2 Å². The van der Waals surface area contributed by atoms with E-state index in [2.05, 4.69) is 9.98 Å². The summed E-state index contributed by atoms with van der Waals surface area (Å²) in [6.07, 6.45) is 5.62. The van der Waals surface area contributed by atoms with Gasteiger partial charge in [0.1, 0.15) is 0 Å². The van der Waals surface area contributed by atoms with Crippen LogP contribution in [0.1, 0.15) is 24.5 Å². The molecule has 0 aromatic heterocycles. The summed E-state index contributed by atoms with van der Waals surface area (Å²) < 4.78 is 0. The highest BCUT2D eigenvalue weighted by Crippen LogP contribution is 2.41. The van der Waals surface area contributed by atoms with Gasteiger partial charge in [0, 0.05) is 0 Å². The van der Waals surface area contributed by atoms with Crippen LogP contribution in [0.5, 0.6) is 0 Å². The second-order valence-corrected chi connectivity index (χ2v) is 4.85. The first-order valence-electron chi connectivity index (χ1n) is 7.28. The molecule has 4 nitrogen and oxygen atoms in total. The van der Waals surface area contributed by atoms with Crippen LogP contribution in [-0.4, -0.2) is 12.2 Å². The molecule has 0 bridgehead atoms. The lowest BCUT2D eigenvalue weighted by Crippen LogP contribution is -2.27. The van der Waals surface area contributed by atoms with Gasteiger partial charge in [-0.25, -0.2) is 9.59 Å². The van der Waals surface area contributed by atoms with Crippen molar-refractivity contribution in [3.8, 4) is 0 Å². The van der Waals surface area contributed by atoms with Gasteiger partial charge in [-0.2, -0.15) is 9.98 Å². The van der Waals surface area contributed by atoms with Crippen molar-refractivity contribution in [2.75, 3.05) is 0 Å². The average molecular weight is 304 g/mol. The third-order valence-corrected chi connectivity index (χ3v) is 3.53. The van der Waals surface area contributed by atoms with Crippen molar-refractivity contribution in [3.05, 3.63) is 83.6 Å². The monoisotopic (exact) mass is 304 g/mol. The Kier molecular flexibility index (Phi) is 5.54. The molecule has 2 aromatic rings. The molecule has 0 aliphatic rings. The maximum absolute atomic E-state index is 11.2. The van der Waals surface area contributed by atoms with Gasteiger partial charge in [-0.1, -0.05) is 73.7 Å². The van der Waals surface area contributed by atoms with Crippen LogP contribution in [0.4, 0.5) is 0 Å². The minimum atomic E-state index is -1.21. The molecule has 0 radical (unpaired) electrons. The van der Waals surface area contributed by atoms with Gasteiger partial charge < -0.3 is 0 Å². The lowest BCUT2D eigenvalue weighted by molar-refractivity contribution is 0.542. The zero-order valence-electron chi connectivity index (χ0n) is 12.8. The highest BCUT2D eigenvalue weighted by atomic mass is 16.1. The highest BCUT2D eigenvalue weighted by Gasteiger charge is 2.38. The fourth-order valence-corrected chi connectivity index (χ4v) is 2.59. The van der Waals surface area contributed by atoms with Crippen LogP contribution in [0.2, 0.25) is 0 Å². The predicted molar refractivity (Wildman–Crippen MR) is 88.3 cm³/mol. The third kappa shape index (κ3) is 3.24. The smallest absolute Gasteiger partial charge is 0.211 e. The molecule has 2 rings (SSSR count). The molecule has 23 heavy (non-hydrogen) atoms. The fourth-order valence-electron chi connectivity index (χ4n) is 2.59. The van der Waals surface area contributed by atoms with Crippen LogP contribution >= 0.6 is 0 Å². The van der Waals surface area contributed by atoms with Crippen LogP contribution < -0.4 is 0 Å². The van der Waals surface area contributed by atoms with Crippen LogP contribution in [0.25, 0.3) is 0 Å². The van der Waals surface area contributed by atoms with Crippen LogP contribution in [0.15, 0.2) is 82.4 Å². The number of hydrogen-bond donors (Lipinski definition) is 0. The molecule has 0 N–H and O–H groups in total. The molecular formula is C19H16N2O2. The van der Waals surface area contributed by atoms with Gasteiger partial charge in [-0.3, -0.25) is 0 Å². The van der Waals surface area contributed by atoms with Crippen LogP contribution in [0, 0.1) is 0 Å². The Bertz CT molecular complexity index is 730. The number of benzene rings is 2. The van der Waals surface area contributed by atoms with E-state index in [4.69, 9.17) is 0 Å². The Morgan fingerprint density at radius 1 is 0.957 bits per heavy atom. The van der Waals surface area contributed by atoms with Crippen molar-refractivity contribution < 1.29 is 9.59 Å². The zero-order chi connectivity index (χ0) is 16.5. The largest absolute Gasteiger partial charge is 0.240 e. The summed E-state index contributed by atoms with van der Waals surface area (Å²) in [6, 6.07) is 18.5. The van der Waals surface area contributed by atoms with E-state index in [0.29, 0.717) is 12.1 Å². The van der Waals surface area contributed by atoms with Crippen molar-refractivity contribution >= 4 is 12.2 Å². The highest BCUT2D eigenvalue weighted by molar-refractivity contribution is 5.54. The standard InChI is InChI=1S/C19H16N2O2/c1-2-9-18(20-14-22)19(21-15-23,16-10-5-3-6-11-16)17-12-7-4-8-13-17/h3-13H,2H2,1H3. The van der Waals surface area contributed by atoms with E-state index in [-0.39, 0.29) is 0 Å². The summed E-state index contributed by atoms with van der Waals surface area (Å²) >= 11 is 0. The first-order chi connectivity index (χ1) is 11.3. The van der Waals surface area contributed by atoms with E-state index in [9.17, 15) is 9.59 Å². The molecule has 114 valence electrons. The van der Waals surface area contributed by atoms with Gasteiger partial charge in [0.25, 0.3) is 0 Å². The average Bonchev–Trinajstić information content (AvgIpc) is 2.61. The van der Waals surface area contributed by atoms with Gasteiger partial charge >= 0.3 is 0 Å². The molecule has 0 heterocycles. The molecule has 0 amide bonds. The normalized spacial score (nSPS) is 11.3. The summed E-state index contributed by atoms with van der Waals surface area (Å²) in [4.78, 5) is 30.1. The van der Waals surface area contributed by atoms with Crippen LogP contribution in [0.3, 0.4) is 0 Å². The molecule has 2 aromatic carbocycles. The maximum atomic E-state index is 11.2. The number of carbonyl (C=O) groups excluding carboxylic acids is 2. The van der Waals surface area contributed by atoms with Crippen molar-refractivity contribution in [2.45, 2.75) is 18.9 Å². The van der Waals surface area contributed by atoms with Gasteiger partial charge in [0.2, 0.25) is 12.2 Å². The Morgan fingerprint density at radius 2 is 1.48 bits per heavy atom. The Balaban J connectivity index is 2.89. The van der Waals surface area contributed by atoms with Crippen LogP contribution in [-0.2, 0) is 15.1 Å². The number of rotatable bonds is 6. The first kappa shape index (κ1) is 16.3. The van der Waals surface area contributed by atoms with E-state index in [1.807, 2.05) is 67.6 Å². The van der Waals surface area contributed by atoms with Gasteiger partial charge in [0.15, 0.2) is 5.54 Å². The number of allylic oxidation sites excluding steroid dienone is 1. The topological polar surface area (TPSA) is 58.9 Å². The summed E-state index contributed by atoms with van der Waals surface area (Å²) in [5.74, 6) is 0. The van der Waals surface area contributed by atoms with Crippen molar-refractivity contribution in [2.24, 2.45) is 9.98 Å². The minimum Gasteiger partial charge on any atom is -0.211 e. The number of nitrogens with zero attached hydrogens (tertiary/aromatic N) is 2. The molecule has 0 aliphatic carbocycles. The molecule has 0 atom stereocenters. The minimum absolute atomic E-state index is 0.357. The van der Waals surface area contributed by atoms with Crippen molar-refractivity contribution in [1.29, 1.82) is 0 Å². The molecule has 0 spiro atoms. The summed E-state index contributed by atoms with van der Waals surface area (Å²) in [5.41, 5.74) is 0.606. The van der Waals surface area contributed by atoms with E-state index < -0.39 is 5.54 Å². The first-order valence-corrected chi connectivity index (χ1v) is 7.28. The van der Waals surface area contributed by atoms with Gasteiger partial charge in [-0.05, 0) is 17.5 Å². The number of hydrogen-bond acceptors (Lipinski definition) is 4. The summed E-state index contributed by atoms with van der Waals surface area (Å²) in [6.45, 7) is 1.92. The quantitative estimate of drug-likeness (QED) is 0.600. The molecule has 0 aliphatic heterocycles. The molecular weight excluding hydrogens is 288 g/mol. The van der Waals surface area contributed by atoms with Gasteiger partial charge in [0.05, 0.1) is 5.70 Å². The molecule has 0 saturated carbocycles. The van der Waals surface area contributed by atoms with E-state index in [1.165, 1.54) is 0 Å². The number of isocyanates is 2. The Hall–Kier alpha value is -3.06. The summed E-state index contributed by atoms with van der Waals surface area (Å²) in [5, 5.41) is 0. The Labute approximate surface area is 134 Å². The lowest BCUT2D eigenvalue weighted by atomic mass is 9.80. The van der Waals surface area contributed by atoms with Crippen molar-refractivity contribution in [3.63, 3.8) is 0 Å². The van der Waals surface area contributed by atoms with Gasteiger partial charge in [-0.15, -0.1) is 0 Å². The second kappa shape index (κ2) is 7.81. The third-order valence-electron chi connectivity index (χ3n) is 3.53. The molecule has 0 unspecified atom stereocenters. The second-order valence-electron chi connectivity index (χ2n) is 4.85. The predicted octanol–water partition coefficient (Wildman–Crippen LogP) is 3.90. The van der Waals surface area contributed by atoms with Crippen molar-refractivity contribution in [1.82, 2.24) is 0 Å². The fraction of sp³-hybridized carbons (Fsp3) is 0.158. The van der Waals surface area contributed by atoms with E-state index in [0.717, 1.165) is 11.1 Å². The molecule has 0 fully saturated rings. The number of aliphatic imine (C=N–C) groups is 2. The zero-order valence-corrected chi connectivity index (χ0v) is 12.8.